The van der Waals surface area contributed by atoms with Crippen LogP contribution in [-0.4, -0.2) is 46.0 Å². The first-order chi connectivity index (χ1) is 23.4. The minimum Gasteiger partial charge on any atom is -0.416 e. The van der Waals surface area contributed by atoms with Crippen molar-refractivity contribution in [1.82, 2.24) is 10.9 Å². The predicted molar refractivity (Wildman–Crippen MR) is 175 cm³/mol. The summed E-state index contributed by atoms with van der Waals surface area (Å²) in [6.45, 7) is 3.56. The molecule has 16 heteroatoms. The van der Waals surface area contributed by atoms with Crippen LogP contribution in [0.25, 0.3) is 0 Å². The topological polar surface area (TPSA) is 222 Å². The lowest BCUT2D eigenvalue weighted by atomic mass is 10.1. The highest BCUT2D eigenvalue weighted by Gasteiger charge is 2.21. The Morgan fingerprint density at radius 2 is 1.06 bits per heavy atom. The number of ether oxygens (including phenoxy) is 2. The zero-order valence-electron chi connectivity index (χ0n) is 25.8. The molecule has 248 valence electrons. The van der Waals surface area contributed by atoms with Gasteiger partial charge in [0.15, 0.2) is 0 Å². The van der Waals surface area contributed by atoms with E-state index in [4.69, 9.17) is 9.47 Å². The molecule has 4 aromatic rings. The molecule has 0 fully saturated rings. The summed E-state index contributed by atoms with van der Waals surface area (Å²) < 4.78 is 10.4. The molecular formula is C33H26N6O10. The summed E-state index contributed by atoms with van der Waals surface area (Å²) in [5.74, 6) is -3.84. The van der Waals surface area contributed by atoms with Crippen LogP contribution in [0.4, 0.5) is 11.4 Å². The fourth-order valence-electron chi connectivity index (χ4n) is 4.13. The number of hydrogen-bond donors (Lipinski definition) is 2. The number of nitrogens with one attached hydrogen (secondary N) is 2. The second kappa shape index (κ2) is 15.9. The van der Waals surface area contributed by atoms with Crippen molar-refractivity contribution < 1.29 is 38.5 Å². The van der Waals surface area contributed by atoms with Crippen molar-refractivity contribution in [2.75, 3.05) is 0 Å². The first-order valence-corrected chi connectivity index (χ1v) is 14.2. The molecule has 0 aliphatic carbocycles. The summed E-state index contributed by atoms with van der Waals surface area (Å²) in [6, 6.07) is 20.4. The van der Waals surface area contributed by atoms with E-state index in [1.165, 1.54) is 36.4 Å². The van der Waals surface area contributed by atoms with Gasteiger partial charge in [0.25, 0.3) is 0 Å². The van der Waals surface area contributed by atoms with E-state index in [9.17, 15) is 39.4 Å². The SMILES string of the molecule is Cc1cccc(C(=O)Oc2ccc(/C=N/NC(=O)CC(=O)N/N=C/c3ccc(OC(=O)c4cccc(C)c4)c([N+](=O)[O-])c3)cc2[N+](=O)[O-])c1. The van der Waals surface area contributed by atoms with Crippen LogP contribution in [0.5, 0.6) is 11.5 Å². The van der Waals surface area contributed by atoms with Gasteiger partial charge in [-0.05, 0) is 62.4 Å². The number of nitro groups is 2. The average molecular weight is 667 g/mol. The maximum Gasteiger partial charge on any atom is 0.343 e. The third kappa shape index (κ3) is 9.94. The highest BCUT2D eigenvalue weighted by molar-refractivity contribution is 5.98. The largest absolute Gasteiger partial charge is 0.416 e. The standard InChI is InChI=1S/C33H26N6O10/c1-20-5-3-7-24(13-20)32(42)48-28-11-9-22(15-26(28)38(44)45)18-34-36-30(40)17-31(41)37-35-19-23-10-12-29(27(16-23)39(46)47)49-33(43)25-8-4-6-21(2)14-25/h3-16,18-19H,17H2,1-2H3,(H,36,40)(H,37,41)/b34-18+,35-19+. The third-order valence-electron chi connectivity index (χ3n) is 6.40. The number of hydrazone groups is 2. The van der Waals surface area contributed by atoms with Gasteiger partial charge in [-0.25, -0.2) is 20.4 Å². The van der Waals surface area contributed by atoms with Crippen LogP contribution in [0.15, 0.2) is 95.1 Å². The first kappa shape index (κ1) is 34.8. The minimum absolute atomic E-state index is 0.182. The van der Waals surface area contributed by atoms with Gasteiger partial charge in [-0.2, -0.15) is 10.2 Å². The van der Waals surface area contributed by atoms with Gasteiger partial charge < -0.3 is 9.47 Å². The monoisotopic (exact) mass is 666 g/mol. The number of amides is 2. The van der Waals surface area contributed by atoms with Crippen molar-refractivity contribution in [2.45, 2.75) is 20.3 Å². The summed E-state index contributed by atoms with van der Waals surface area (Å²) in [5, 5.41) is 30.5. The Labute approximate surface area is 277 Å². The number of hydrogen-bond acceptors (Lipinski definition) is 12. The van der Waals surface area contributed by atoms with Crippen LogP contribution in [0.1, 0.15) is 49.4 Å². The fourth-order valence-corrected chi connectivity index (χ4v) is 4.13. The van der Waals surface area contributed by atoms with Gasteiger partial charge in [0.1, 0.15) is 6.42 Å². The maximum absolute atomic E-state index is 12.4. The number of benzene rings is 4. The van der Waals surface area contributed by atoms with E-state index >= 15 is 0 Å². The van der Waals surface area contributed by atoms with Gasteiger partial charge in [0, 0.05) is 23.3 Å². The molecule has 0 aromatic heterocycles. The van der Waals surface area contributed by atoms with Gasteiger partial charge in [-0.1, -0.05) is 35.4 Å². The zero-order chi connectivity index (χ0) is 35.5. The van der Waals surface area contributed by atoms with E-state index in [2.05, 4.69) is 21.1 Å². The Bertz CT molecular complexity index is 1880. The highest BCUT2D eigenvalue weighted by Crippen LogP contribution is 2.29. The fraction of sp³-hybridized carbons (Fsp3) is 0.0909. The maximum atomic E-state index is 12.4. The number of aryl methyl sites for hydroxylation is 2. The molecule has 16 nitrogen and oxygen atoms in total. The van der Waals surface area contributed by atoms with Crippen LogP contribution >= 0.6 is 0 Å². The van der Waals surface area contributed by atoms with Crippen molar-refractivity contribution in [3.05, 3.63) is 139 Å². The lowest BCUT2D eigenvalue weighted by molar-refractivity contribution is -0.385. The van der Waals surface area contributed by atoms with Gasteiger partial charge in [0.05, 0.1) is 33.4 Å². The molecule has 0 aliphatic heterocycles. The Balaban J connectivity index is 1.30. The Hall–Kier alpha value is -7.10. The highest BCUT2D eigenvalue weighted by atomic mass is 16.6. The van der Waals surface area contributed by atoms with Crippen molar-refractivity contribution in [1.29, 1.82) is 0 Å². The summed E-state index contributed by atoms with van der Waals surface area (Å²) in [5.41, 5.74) is 5.56. The second-order valence-corrected chi connectivity index (χ2v) is 10.2. The van der Waals surface area contributed by atoms with Crippen LogP contribution in [0.3, 0.4) is 0 Å². The molecule has 2 amide bonds. The van der Waals surface area contributed by atoms with Gasteiger partial charge >= 0.3 is 23.3 Å². The summed E-state index contributed by atoms with van der Waals surface area (Å²) >= 11 is 0. The molecule has 0 saturated carbocycles. The van der Waals surface area contributed by atoms with E-state index in [1.807, 2.05) is 0 Å². The molecule has 0 unspecified atom stereocenters. The van der Waals surface area contributed by atoms with Crippen LogP contribution < -0.4 is 20.3 Å². The van der Waals surface area contributed by atoms with Gasteiger partial charge in [0.2, 0.25) is 23.3 Å². The first-order valence-electron chi connectivity index (χ1n) is 14.2. The summed E-state index contributed by atoms with van der Waals surface area (Å²) in [7, 11) is 0. The molecule has 0 atom stereocenters. The number of esters is 2. The molecule has 0 spiro atoms. The molecule has 0 aliphatic rings. The van der Waals surface area contributed by atoms with Gasteiger partial charge in [-0.15, -0.1) is 0 Å². The van der Waals surface area contributed by atoms with E-state index < -0.39 is 51.4 Å². The smallest absolute Gasteiger partial charge is 0.343 e. The molecule has 4 aromatic carbocycles. The van der Waals surface area contributed by atoms with Crippen molar-refractivity contribution >= 4 is 47.6 Å². The number of rotatable bonds is 12. The molecule has 4 rings (SSSR count). The zero-order valence-corrected chi connectivity index (χ0v) is 25.8. The number of carbonyl (C=O) groups excluding carboxylic acids is 4. The van der Waals surface area contributed by atoms with Crippen molar-refractivity contribution in [3.63, 3.8) is 0 Å². The third-order valence-corrected chi connectivity index (χ3v) is 6.40. The summed E-state index contributed by atoms with van der Waals surface area (Å²) in [6.07, 6.45) is 1.46. The normalized spacial score (nSPS) is 10.8. The number of nitro benzene ring substituents is 2. The Morgan fingerprint density at radius 1 is 0.653 bits per heavy atom. The van der Waals surface area contributed by atoms with E-state index in [0.717, 1.165) is 35.7 Å². The van der Waals surface area contributed by atoms with Crippen molar-refractivity contribution in [2.24, 2.45) is 10.2 Å². The summed E-state index contributed by atoms with van der Waals surface area (Å²) in [4.78, 5) is 70.8. The van der Waals surface area contributed by atoms with Crippen LogP contribution in [0, 0.1) is 34.1 Å². The predicted octanol–water partition coefficient (Wildman–Crippen LogP) is 4.55. The number of nitrogens with zero attached hydrogens (tertiary/aromatic N) is 4. The Kier molecular flexibility index (Phi) is 11.3. The Morgan fingerprint density at radius 3 is 1.43 bits per heavy atom. The van der Waals surface area contributed by atoms with E-state index in [0.29, 0.717) is 0 Å². The average Bonchev–Trinajstić information content (AvgIpc) is 3.05. The second-order valence-electron chi connectivity index (χ2n) is 10.2. The van der Waals surface area contributed by atoms with Crippen LogP contribution in [0.2, 0.25) is 0 Å². The quantitative estimate of drug-likeness (QED) is 0.0536. The molecule has 0 radical (unpaired) electrons. The van der Waals surface area contributed by atoms with Crippen molar-refractivity contribution in [3.8, 4) is 11.5 Å². The molecule has 0 bridgehead atoms. The number of carbonyl (C=O) groups is 4. The molecule has 0 saturated heterocycles. The molecule has 2 N–H and O–H groups in total. The molecule has 49 heavy (non-hydrogen) atoms. The van der Waals surface area contributed by atoms with E-state index in [1.54, 1.807) is 50.2 Å². The van der Waals surface area contributed by atoms with Gasteiger partial charge in [-0.3, -0.25) is 29.8 Å². The van der Waals surface area contributed by atoms with E-state index in [-0.39, 0.29) is 33.8 Å². The minimum atomic E-state index is -0.849. The lowest BCUT2D eigenvalue weighted by Crippen LogP contribution is -2.27. The molecular weight excluding hydrogens is 640 g/mol. The van der Waals surface area contributed by atoms with Crippen LogP contribution in [-0.2, 0) is 9.59 Å². The lowest BCUT2D eigenvalue weighted by Gasteiger charge is -2.06. The molecule has 0 heterocycles.